The van der Waals surface area contributed by atoms with Crippen LogP contribution in [0.25, 0.3) is 22.3 Å². The van der Waals surface area contributed by atoms with E-state index in [1.807, 2.05) is 25.1 Å². The van der Waals surface area contributed by atoms with Crippen molar-refractivity contribution in [3.63, 3.8) is 0 Å². The molecule has 3 aromatic heterocycles. The molecule has 0 bridgehead atoms. The Labute approximate surface area is 129 Å². The van der Waals surface area contributed by atoms with Crippen LogP contribution in [0.4, 0.5) is 5.69 Å². The molecule has 0 radical (unpaired) electrons. The fraction of sp³-hybridized carbons (Fsp3) is 0.294. The van der Waals surface area contributed by atoms with E-state index in [1.54, 1.807) is 6.20 Å². The summed E-state index contributed by atoms with van der Waals surface area (Å²) < 4.78 is 5.60. The monoisotopic (exact) mass is 296 g/mol. The molecule has 0 spiro atoms. The lowest BCUT2D eigenvalue weighted by Crippen LogP contribution is -1.98. The van der Waals surface area contributed by atoms with Crippen LogP contribution in [0.5, 0.6) is 5.88 Å². The number of H-pyrrole nitrogens is 1. The first-order valence-electron chi connectivity index (χ1n) is 7.51. The van der Waals surface area contributed by atoms with Crippen LogP contribution >= 0.6 is 0 Å². The summed E-state index contributed by atoms with van der Waals surface area (Å²) in [6.07, 6.45) is 2.64. The normalized spacial score (nSPS) is 11.0. The Kier molecular flexibility index (Phi) is 3.71. The zero-order chi connectivity index (χ0) is 15.7. The van der Waals surface area contributed by atoms with Crippen molar-refractivity contribution in [1.29, 1.82) is 0 Å². The van der Waals surface area contributed by atoms with Crippen molar-refractivity contribution in [2.45, 2.75) is 27.2 Å². The summed E-state index contributed by atoms with van der Waals surface area (Å²) >= 11 is 0. The molecule has 3 aromatic rings. The summed E-state index contributed by atoms with van der Waals surface area (Å²) in [6.45, 7) is 6.68. The number of aromatic nitrogens is 3. The predicted octanol–water partition coefficient (Wildman–Crippen LogP) is 3.48. The lowest BCUT2D eigenvalue weighted by atomic mass is 10.1. The van der Waals surface area contributed by atoms with Crippen LogP contribution in [0.1, 0.15) is 25.1 Å². The quantitative estimate of drug-likeness (QED) is 0.772. The van der Waals surface area contributed by atoms with Gasteiger partial charge >= 0.3 is 0 Å². The van der Waals surface area contributed by atoms with Crippen molar-refractivity contribution >= 4 is 16.7 Å². The van der Waals surface area contributed by atoms with Crippen molar-refractivity contribution in [2.24, 2.45) is 0 Å². The maximum absolute atomic E-state index is 6.22. The number of pyridine rings is 2. The number of fused-ring (bicyclic) bond motifs is 1. The van der Waals surface area contributed by atoms with Crippen LogP contribution < -0.4 is 10.5 Å². The summed E-state index contributed by atoms with van der Waals surface area (Å²) in [7, 11) is 0. The van der Waals surface area contributed by atoms with Crippen molar-refractivity contribution in [3.8, 4) is 17.1 Å². The zero-order valence-corrected chi connectivity index (χ0v) is 13.1. The van der Waals surface area contributed by atoms with Gasteiger partial charge in [-0.15, -0.1) is 0 Å². The van der Waals surface area contributed by atoms with Gasteiger partial charge in [-0.05, 0) is 44.0 Å². The Balaban J connectivity index is 2.22. The SMILES string of the molecule is CCOc1ncccc1-c1cc(N)c2[nH]c(CC)c(C)c2n1. The third-order valence-electron chi connectivity index (χ3n) is 3.82. The van der Waals surface area contributed by atoms with Crippen LogP contribution in [-0.4, -0.2) is 21.6 Å². The highest BCUT2D eigenvalue weighted by Gasteiger charge is 2.15. The van der Waals surface area contributed by atoms with Crippen molar-refractivity contribution in [3.05, 3.63) is 35.7 Å². The maximum Gasteiger partial charge on any atom is 0.222 e. The molecule has 22 heavy (non-hydrogen) atoms. The number of rotatable bonds is 4. The van der Waals surface area contributed by atoms with Gasteiger partial charge < -0.3 is 15.5 Å². The van der Waals surface area contributed by atoms with E-state index in [0.717, 1.165) is 34.3 Å². The van der Waals surface area contributed by atoms with Gasteiger partial charge in [0, 0.05) is 11.9 Å². The first-order chi connectivity index (χ1) is 10.7. The van der Waals surface area contributed by atoms with Crippen molar-refractivity contribution < 1.29 is 4.74 Å². The Hall–Kier alpha value is -2.56. The second-order valence-electron chi connectivity index (χ2n) is 5.19. The number of aryl methyl sites for hydroxylation is 2. The number of hydrogen-bond acceptors (Lipinski definition) is 4. The van der Waals surface area contributed by atoms with E-state index in [0.29, 0.717) is 18.2 Å². The minimum absolute atomic E-state index is 0.560. The number of nitrogen functional groups attached to an aromatic ring is 1. The predicted molar refractivity (Wildman–Crippen MR) is 89.0 cm³/mol. The molecule has 3 N–H and O–H groups in total. The molecule has 0 saturated heterocycles. The fourth-order valence-corrected chi connectivity index (χ4v) is 2.68. The lowest BCUT2D eigenvalue weighted by Gasteiger charge is -2.09. The van der Waals surface area contributed by atoms with E-state index >= 15 is 0 Å². The third-order valence-corrected chi connectivity index (χ3v) is 3.82. The molecule has 0 unspecified atom stereocenters. The van der Waals surface area contributed by atoms with Gasteiger partial charge in [0.2, 0.25) is 5.88 Å². The summed E-state index contributed by atoms with van der Waals surface area (Å²) in [4.78, 5) is 12.4. The van der Waals surface area contributed by atoms with Gasteiger partial charge in [-0.2, -0.15) is 0 Å². The van der Waals surface area contributed by atoms with Gasteiger partial charge in [-0.25, -0.2) is 9.97 Å². The van der Waals surface area contributed by atoms with E-state index in [4.69, 9.17) is 15.5 Å². The molecule has 0 amide bonds. The molecular formula is C17H20N4O. The molecule has 0 saturated carbocycles. The number of nitrogens with zero attached hydrogens (tertiary/aromatic N) is 2. The van der Waals surface area contributed by atoms with E-state index in [9.17, 15) is 0 Å². The van der Waals surface area contributed by atoms with Gasteiger partial charge in [0.15, 0.2) is 0 Å². The molecular weight excluding hydrogens is 276 g/mol. The number of hydrogen-bond donors (Lipinski definition) is 2. The van der Waals surface area contributed by atoms with Gasteiger partial charge in [-0.1, -0.05) is 6.92 Å². The van der Waals surface area contributed by atoms with Gasteiger partial charge in [0.1, 0.15) is 0 Å². The smallest absolute Gasteiger partial charge is 0.222 e. The molecule has 0 aliphatic carbocycles. The Bertz CT molecular complexity index is 823. The molecule has 0 aromatic carbocycles. The zero-order valence-electron chi connectivity index (χ0n) is 13.1. The minimum atomic E-state index is 0.560. The molecule has 0 aliphatic rings. The van der Waals surface area contributed by atoms with Gasteiger partial charge in [0.25, 0.3) is 0 Å². The maximum atomic E-state index is 6.22. The van der Waals surface area contributed by atoms with Crippen LogP contribution in [-0.2, 0) is 6.42 Å². The minimum Gasteiger partial charge on any atom is -0.477 e. The number of anilines is 1. The molecule has 114 valence electrons. The van der Waals surface area contributed by atoms with E-state index in [1.165, 1.54) is 5.69 Å². The molecule has 3 heterocycles. The average molecular weight is 296 g/mol. The van der Waals surface area contributed by atoms with Gasteiger partial charge in [0.05, 0.1) is 34.6 Å². The lowest BCUT2D eigenvalue weighted by molar-refractivity contribution is 0.328. The number of aromatic amines is 1. The van der Waals surface area contributed by atoms with E-state index in [-0.39, 0.29) is 0 Å². The van der Waals surface area contributed by atoms with Crippen LogP contribution in [0, 0.1) is 6.92 Å². The van der Waals surface area contributed by atoms with Crippen LogP contribution in [0.3, 0.4) is 0 Å². The molecule has 0 atom stereocenters. The standard InChI is InChI=1S/C17H20N4O/c1-4-13-10(3)15-16(20-13)12(18)9-14(21-15)11-7-6-8-19-17(11)22-5-2/h6-9,20H,4-5H2,1-3H3,(H2,18,21). The van der Waals surface area contributed by atoms with E-state index in [2.05, 4.69) is 23.8 Å². The molecule has 5 nitrogen and oxygen atoms in total. The Morgan fingerprint density at radius 3 is 2.86 bits per heavy atom. The summed E-state index contributed by atoms with van der Waals surface area (Å²) in [5.74, 6) is 0.583. The number of nitrogens with one attached hydrogen (secondary N) is 1. The summed E-state index contributed by atoms with van der Waals surface area (Å²) in [5, 5.41) is 0. The fourth-order valence-electron chi connectivity index (χ4n) is 2.68. The molecule has 0 fully saturated rings. The second-order valence-corrected chi connectivity index (χ2v) is 5.19. The number of ether oxygens (including phenoxy) is 1. The average Bonchev–Trinajstić information content (AvgIpc) is 2.85. The molecule has 3 rings (SSSR count). The number of nitrogens with two attached hydrogens (primary N) is 1. The van der Waals surface area contributed by atoms with Crippen LogP contribution in [0.15, 0.2) is 24.4 Å². The second kappa shape index (κ2) is 5.67. The molecule has 5 heteroatoms. The molecule has 0 aliphatic heterocycles. The summed E-state index contributed by atoms with van der Waals surface area (Å²) in [5.41, 5.74) is 12.7. The highest BCUT2D eigenvalue weighted by Crippen LogP contribution is 2.32. The first kappa shape index (κ1) is 14.4. The van der Waals surface area contributed by atoms with E-state index < -0.39 is 0 Å². The van der Waals surface area contributed by atoms with Crippen molar-refractivity contribution in [2.75, 3.05) is 12.3 Å². The van der Waals surface area contributed by atoms with Crippen molar-refractivity contribution in [1.82, 2.24) is 15.0 Å². The van der Waals surface area contributed by atoms with Gasteiger partial charge in [-0.3, -0.25) is 0 Å². The Morgan fingerprint density at radius 2 is 2.14 bits per heavy atom. The first-order valence-corrected chi connectivity index (χ1v) is 7.51. The highest BCUT2D eigenvalue weighted by atomic mass is 16.5. The highest BCUT2D eigenvalue weighted by molar-refractivity contribution is 5.93. The summed E-state index contributed by atoms with van der Waals surface area (Å²) in [6, 6.07) is 5.70. The topological polar surface area (TPSA) is 76.8 Å². The van der Waals surface area contributed by atoms with Crippen LogP contribution in [0.2, 0.25) is 0 Å². The third kappa shape index (κ3) is 2.28. The largest absolute Gasteiger partial charge is 0.477 e. The Morgan fingerprint density at radius 1 is 1.32 bits per heavy atom.